The molecular weight excluding hydrogens is 271 g/mol. The number of hydrogen-bond donors (Lipinski definition) is 1. The molecule has 4 heteroatoms. The van der Waals surface area contributed by atoms with E-state index in [0.717, 1.165) is 15.7 Å². The molecule has 0 saturated heterocycles. The fourth-order valence-electron chi connectivity index (χ4n) is 1.43. The van der Waals surface area contributed by atoms with E-state index in [0.29, 0.717) is 5.82 Å². The molecule has 2 nitrogen and oxygen atoms in total. The maximum atomic E-state index is 12.9. The summed E-state index contributed by atoms with van der Waals surface area (Å²) in [6, 6.07) is 10.5. The zero-order valence-corrected chi connectivity index (χ0v) is 10.3. The molecule has 0 radical (unpaired) electrons. The number of aryl methyl sites for hydroxylation is 1. The molecule has 1 heterocycles. The maximum absolute atomic E-state index is 12.9. The Morgan fingerprint density at radius 1 is 1.25 bits per heavy atom. The highest BCUT2D eigenvalue weighted by molar-refractivity contribution is 9.10. The minimum absolute atomic E-state index is 0.489. The van der Waals surface area contributed by atoms with Crippen molar-refractivity contribution >= 4 is 27.4 Å². The SMILES string of the molecule is Cc1cc(Br)cc(Nc2cccc(F)n2)c1. The Kier molecular flexibility index (Phi) is 3.19. The molecule has 0 unspecified atom stereocenters. The Labute approximate surface area is 102 Å². The summed E-state index contributed by atoms with van der Waals surface area (Å²) < 4.78 is 13.8. The summed E-state index contributed by atoms with van der Waals surface area (Å²) in [7, 11) is 0. The van der Waals surface area contributed by atoms with E-state index >= 15 is 0 Å². The van der Waals surface area contributed by atoms with Gasteiger partial charge in [-0.3, -0.25) is 0 Å². The van der Waals surface area contributed by atoms with Crippen LogP contribution >= 0.6 is 15.9 Å². The van der Waals surface area contributed by atoms with Crippen LogP contribution in [0.5, 0.6) is 0 Å². The van der Waals surface area contributed by atoms with Crippen molar-refractivity contribution in [3.63, 3.8) is 0 Å². The summed E-state index contributed by atoms with van der Waals surface area (Å²) in [5, 5.41) is 3.05. The Bertz CT molecular complexity index is 494. The van der Waals surface area contributed by atoms with Crippen LogP contribution in [0.2, 0.25) is 0 Å². The van der Waals surface area contributed by atoms with Crippen molar-refractivity contribution in [2.45, 2.75) is 6.92 Å². The number of hydrogen-bond acceptors (Lipinski definition) is 2. The van der Waals surface area contributed by atoms with Crippen LogP contribution in [0.4, 0.5) is 15.9 Å². The summed E-state index contributed by atoms with van der Waals surface area (Å²) in [6.45, 7) is 1.99. The van der Waals surface area contributed by atoms with E-state index < -0.39 is 5.95 Å². The molecule has 0 aliphatic carbocycles. The van der Waals surface area contributed by atoms with Crippen LogP contribution in [-0.2, 0) is 0 Å². The Morgan fingerprint density at radius 2 is 2.06 bits per heavy atom. The summed E-state index contributed by atoms with van der Waals surface area (Å²) in [5.74, 6) is 0.00854. The lowest BCUT2D eigenvalue weighted by atomic mass is 10.2. The van der Waals surface area contributed by atoms with Crippen LogP contribution in [0.25, 0.3) is 0 Å². The van der Waals surface area contributed by atoms with Crippen LogP contribution in [0.3, 0.4) is 0 Å². The highest BCUT2D eigenvalue weighted by atomic mass is 79.9. The first-order valence-corrected chi connectivity index (χ1v) is 5.59. The van der Waals surface area contributed by atoms with E-state index in [1.54, 1.807) is 12.1 Å². The second-order valence-corrected chi connectivity index (χ2v) is 4.40. The first-order valence-electron chi connectivity index (χ1n) is 4.80. The van der Waals surface area contributed by atoms with Crippen molar-refractivity contribution in [3.05, 3.63) is 52.4 Å². The second kappa shape index (κ2) is 4.61. The average molecular weight is 281 g/mol. The molecule has 0 atom stereocenters. The third-order valence-corrected chi connectivity index (χ3v) is 2.49. The van der Waals surface area contributed by atoms with Gasteiger partial charge in [-0.2, -0.15) is 4.39 Å². The highest BCUT2D eigenvalue weighted by Gasteiger charge is 1.99. The molecule has 1 aromatic heterocycles. The van der Waals surface area contributed by atoms with Crippen molar-refractivity contribution in [1.82, 2.24) is 4.98 Å². The number of nitrogens with one attached hydrogen (secondary N) is 1. The lowest BCUT2D eigenvalue weighted by Crippen LogP contribution is -1.95. The molecule has 16 heavy (non-hydrogen) atoms. The fraction of sp³-hybridized carbons (Fsp3) is 0.0833. The molecule has 1 aromatic carbocycles. The van der Waals surface area contributed by atoms with Gasteiger partial charge in [0.05, 0.1) is 0 Å². The molecule has 0 fully saturated rings. The Balaban J connectivity index is 2.27. The van der Waals surface area contributed by atoms with Gasteiger partial charge in [-0.1, -0.05) is 22.0 Å². The maximum Gasteiger partial charge on any atom is 0.214 e. The number of pyridine rings is 1. The number of nitrogens with zero attached hydrogens (tertiary/aromatic N) is 1. The van der Waals surface area contributed by atoms with Crippen LogP contribution in [-0.4, -0.2) is 4.98 Å². The molecule has 2 rings (SSSR count). The van der Waals surface area contributed by atoms with Gasteiger partial charge in [-0.15, -0.1) is 0 Å². The van der Waals surface area contributed by atoms with E-state index in [2.05, 4.69) is 26.2 Å². The summed E-state index contributed by atoms with van der Waals surface area (Å²) in [5.41, 5.74) is 2.00. The lowest BCUT2D eigenvalue weighted by molar-refractivity contribution is 0.585. The normalized spacial score (nSPS) is 10.2. The zero-order valence-electron chi connectivity index (χ0n) is 8.67. The van der Waals surface area contributed by atoms with Gasteiger partial charge in [0.1, 0.15) is 5.82 Å². The number of benzene rings is 1. The summed E-state index contributed by atoms with van der Waals surface area (Å²) >= 11 is 3.41. The topological polar surface area (TPSA) is 24.9 Å². The van der Waals surface area contributed by atoms with E-state index in [9.17, 15) is 4.39 Å². The summed E-state index contributed by atoms with van der Waals surface area (Å²) in [4.78, 5) is 3.73. The minimum atomic E-state index is -0.489. The molecule has 1 N–H and O–H groups in total. The van der Waals surface area contributed by atoms with Crippen LogP contribution in [0, 0.1) is 12.9 Å². The van der Waals surface area contributed by atoms with Gasteiger partial charge in [0.2, 0.25) is 5.95 Å². The van der Waals surface area contributed by atoms with Gasteiger partial charge in [0, 0.05) is 10.2 Å². The molecule has 0 aliphatic rings. The number of aromatic nitrogens is 1. The number of rotatable bonds is 2. The molecule has 0 spiro atoms. The van der Waals surface area contributed by atoms with Gasteiger partial charge in [0.25, 0.3) is 0 Å². The monoisotopic (exact) mass is 280 g/mol. The van der Waals surface area contributed by atoms with Crippen LogP contribution < -0.4 is 5.32 Å². The third-order valence-electron chi connectivity index (χ3n) is 2.03. The molecular formula is C12H10BrFN2. The zero-order chi connectivity index (χ0) is 11.5. The molecule has 82 valence electrons. The molecule has 0 saturated carbocycles. The van der Waals surface area contributed by atoms with Crippen molar-refractivity contribution in [2.75, 3.05) is 5.32 Å². The van der Waals surface area contributed by atoms with Gasteiger partial charge in [-0.25, -0.2) is 4.98 Å². The lowest BCUT2D eigenvalue weighted by Gasteiger charge is -2.07. The van der Waals surface area contributed by atoms with Crippen molar-refractivity contribution in [2.24, 2.45) is 0 Å². The first-order chi connectivity index (χ1) is 7.63. The predicted molar refractivity (Wildman–Crippen MR) is 66.4 cm³/mol. The molecule has 0 bridgehead atoms. The van der Waals surface area contributed by atoms with Crippen molar-refractivity contribution in [1.29, 1.82) is 0 Å². The molecule has 0 amide bonds. The second-order valence-electron chi connectivity index (χ2n) is 3.49. The van der Waals surface area contributed by atoms with Crippen molar-refractivity contribution in [3.8, 4) is 0 Å². The standard InChI is InChI=1S/C12H10BrFN2/c1-8-5-9(13)7-10(6-8)15-12-4-2-3-11(14)16-12/h2-7H,1H3,(H,15,16). The molecule has 2 aromatic rings. The van der Waals surface area contributed by atoms with Crippen LogP contribution in [0.1, 0.15) is 5.56 Å². The van der Waals surface area contributed by atoms with Gasteiger partial charge in [0.15, 0.2) is 0 Å². The van der Waals surface area contributed by atoms with E-state index in [4.69, 9.17) is 0 Å². The van der Waals surface area contributed by atoms with E-state index in [1.807, 2.05) is 25.1 Å². The summed E-state index contributed by atoms with van der Waals surface area (Å²) in [6.07, 6.45) is 0. The quantitative estimate of drug-likeness (QED) is 0.840. The van der Waals surface area contributed by atoms with Crippen molar-refractivity contribution < 1.29 is 4.39 Å². The van der Waals surface area contributed by atoms with E-state index in [1.165, 1.54) is 6.07 Å². The average Bonchev–Trinajstić information content (AvgIpc) is 2.15. The molecule has 0 aliphatic heterocycles. The van der Waals surface area contributed by atoms with Gasteiger partial charge in [-0.05, 0) is 42.8 Å². The Morgan fingerprint density at radius 3 is 2.75 bits per heavy atom. The van der Waals surface area contributed by atoms with Crippen LogP contribution in [0.15, 0.2) is 40.9 Å². The third kappa shape index (κ3) is 2.79. The smallest absolute Gasteiger partial charge is 0.214 e. The number of anilines is 2. The van der Waals surface area contributed by atoms with Gasteiger partial charge < -0.3 is 5.32 Å². The largest absolute Gasteiger partial charge is 0.340 e. The van der Waals surface area contributed by atoms with Gasteiger partial charge >= 0.3 is 0 Å². The predicted octanol–water partition coefficient (Wildman–Crippen LogP) is 4.04. The first kappa shape index (κ1) is 11.1. The Hall–Kier alpha value is -1.42. The highest BCUT2D eigenvalue weighted by Crippen LogP contribution is 2.21. The number of halogens is 2. The fourth-order valence-corrected chi connectivity index (χ4v) is 2.04. The minimum Gasteiger partial charge on any atom is -0.340 e. The van der Waals surface area contributed by atoms with E-state index in [-0.39, 0.29) is 0 Å².